The van der Waals surface area contributed by atoms with E-state index in [0.717, 1.165) is 70.4 Å². The number of hydrogen-bond acceptors (Lipinski definition) is 4. The number of rotatable bonds is 5. The highest BCUT2D eigenvalue weighted by Gasteiger charge is 2.30. The van der Waals surface area contributed by atoms with Crippen molar-refractivity contribution in [2.75, 3.05) is 45.8 Å². The van der Waals surface area contributed by atoms with Gasteiger partial charge in [-0.15, -0.1) is 0 Å². The minimum absolute atomic E-state index is 0.0297. The predicted molar refractivity (Wildman–Crippen MR) is 102 cm³/mol. The lowest BCUT2D eigenvalue weighted by atomic mass is 10.2. The molecule has 1 unspecified atom stereocenters. The van der Waals surface area contributed by atoms with Crippen LogP contribution in [0.3, 0.4) is 0 Å². The fourth-order valence-electron chi connectivity index (χ4n) is 3.66. The van der Waals surface area contributed by atoms with Crippen LogP contribution in [0.25, 0.3) is 0 Å². The van der Waals surface area contributed by atoms with E-state index in [1.165, 1.54) is 0 Å². The molecular weight excluding hydrogens is 330 g/mol. The minimum Gasteiger partial charge on any atom is -0.467 e. The first kappa shape index (κ1) is 18.8. The molecule has 1 atom stereocenters. The summed E-state index contributed by atoms with van der Waals surface area (Å²) in [5.74, 6) is 2.07. The molecular formula is C19H31N5O2. The van der Waals surface area contributed by atoms with Gasteiger partial charge in [-0.25, -0.2) is 4.99 Å². The topological polar surface area (TPSA) is 64.3 Å². The number of hydrogen-bond donors (Lipinski definition) is 1. The monoisotopic (exact) mass is 361 g/mol. The van der Waals surface area contributed by atoms with Crippen LogP contribution in [0.15, 0.2) is 27.8 Å². The number of amides is 1. The molecule has 2 fully saturated rings. The number of nitrogens with one attached hydrogen (secondary N) is 1. The fourth-order valence-corrected chi connectivity index (χ4v) is 3.66. The van der Waals surface area contributed by atoms with E-state index in [2.05, 4.69) is 22.0 Å². The lowest BCUT2D eigenvalue weighted by Gasteiger charge is -2.39. The van der Waals surface area contributed by atoms with Gasteiger partial charge in [0.05, 0.1) is 12.3 Å². The number of furan rings is 1. The Morgan fingerprint density at radius 3 is 2.54 bits per heavy atom. The van der Waals surface area contributed by atoms with Crippen LogP contribution < -0.4 is 5.32 Å². The van der Waals surface area contributed by atoms with E-state index in [0.29, 0.717) is 6.54 Å². The van der Waals surface area contributed by atoms with Gasteiger partial charge in [0.2, 0.25) is 5.91 Å². The molecule has 1 N–H and O–H groups in total. The number of likely N-dealkylation sites (tertiary alicyclic amines) is 1. The maximum absolute atomic E-state index is 12.6. The molecule has 1 aromatic rings. The molecule has 26 heavy (non-hydrogen) atoms. The smallest absolute Gasteiger partial charge is 0.239 e. The first-order chi connectivity index (χ1) is 12.7. The number of nitrogens with zero attached hydrogens (tertiary/aromatic N) is 4. The molecule has 0 spiro atoms. The number of aliphatic imine (C=N–C) groups is 1. The van der Waals surface area contributed by atoms with Crippen molar-refractivity contribution < 1.29 is 9.21 Å². The Bertz CT molecular complexity index is 587. The van der Waals surface area contributed by atoms with E-state index in [4.69, 9.17) is 9.41 Å². The van der Waals surface area contributed by atoms with E-state index in [1.54, 1.807) is 6.26 Å². The molecule has 0 aliphatic carbocycles. The van der Waals surface area contributed by atoms with E-state index < -0.39 is 0 Å². The van der Waals surface area contributed by atoms with E-state index in [9.17, 15) is 4.79 Å². The number of carbonyl (C=O) groups excluding carboxylic acids is 1. The molecule has 3 rings (SSSR count). The molecule has 2 aliphatic rings. The maximum atomic E-state index is 12.6. The zero-order valence-corrected chi connectivity index (χ0v) is 16.0. The van der Waals surface area contributed by atoms with Crippen LogP contribution in [0, 0.1) is 0 Å². The van der Waals surface area contributed by atoms with Crippen molar-refractivity contribution in [1.82, 2.24) is 20.0 Å². The molecule has 0 radical (unpaired) electrons. The average Bonchev–Trinajstić information content (AvgIpc) is 3.38. The van der Waals surface area contributed by atoms with Crippen LogP contribution in [0.4, 0.5) is 0 Å². The van der Waals surface area contributed by atoms with Gasteiger partial charge >= 0.3 is 0 Å². The Morgan fingerprint density at radius 1 is 1.19 bits per heavy atom. The quantitative estimate of drug-likeness (QED) is 0.634. The SMILES string of the molecule is CCNC(=NCc1ccco1)N1CCN(C(C)C(=O)N2CCCC2)CC1. The van der Waals surface area contributed by atoms with Gasteiger partial charge in [0, 0.05) is 45.8 Å². The Kier molecular flexibility index (Phi) is 6.55. The highest BCUT2D eigenvalue weighted by atomic mass is 16.3. The molecule has 2 saturated heterocycles. The summed E-state index contributed by atoms with van der Waals surface area (Å²) in [7, 11) is 0. The van der Waals surface area contributed by atoms with Crippen LogP contribution >= 0.6 is 0 Å². The van der Waals surface area contributed by atoms with Crippen molar-refractivity contribution in [3.63, 3.8) is 0 Å². The van der Waals surface area contributed by atoms with Crippen molar-refractivity contribution in [2.45, 2.75) is 39.3 Å². The number of carbonyl (C=O) groups is 1. The Balaban J connectivity index is 1.53. The van der Waals surface area contributed by atoms with Crippen LogP contribution in [0.1, 0.15) is 32.4 Å². The normalized spacial score (nSPS) is 20.5. The zero-order valence-electron chi connectivity index (χ0n) is 16.0. The van der Waals surface area contributed by atoms with Crippen LogP contribution in [-0.4, -0.2) is 78.4 Å². The lowest BCUT2D eigenvalue weighted by Crippen LogP contribution is -2.57. The molecule has 7 nitrogen and oxygen atoms in total. The summed E-state index contributed by atoms with van der Waals surface area (Å²) in [6.45, 7) is 10.9. The highest BCUT2D eigenvalue weighted by Crippen LogP contribution is 2.14. The molecule has 0 bridgehead atoms. The number of piperazine rings is 1. The fraction of sp³-hybridized carbons (Fsp3) is 0.684. The molecule has 1 aromatic heterocycles. The van der Waals surface area contributed by atoms with Crippen LogP contribution in [0.2, 0.25) is 0 Å². The second-order valence-corrected chi connectivity index (χ2v) is 6.98. The third kappa shape index (κ3) is 4.58. The third-order valence-corrected chi connectivity index (χ3v) is 5.24. The first-order valence-electron chi connectivity index (χ1n) is 9.77. The molecule has 0 saturated carbocycles. The molecule has 2 aliphatic heterocycles. The summed E-state index contributed by atoms with van der Waals surface area (Å²) in [6.07, 6.45) is 3.96. The van der Waals surface area contributed by atoms with Gasteiger partial charge < -0.3 is 19.5 Å². The van der Waals surface area contributed by atoms with Gasteiger partial charge in [0.15, 0.2) is 5.96 Å². The molecule has 0 aromatic carbocycles. The second kappa shape index (κ2) is 9.07. The summed E-state index contributed by atoms with van der Waals surface area (Å²) >= 11 is 0. The van der Waals surface area contributed by atoms with Gasteiger partial charge in [0.1, 0.15) is 12.3 Å². The van der Waals surface area contributed by atoms with E-state index in [1.807, 2.05) is 24.0 Å². The Morgan fingerprint density at radius 2 is 1.92 bits per heavy atom. The second-order valence-electron chi connectivity index (χ2n) is 6.98. The predicted octanol–water partition coefficient (Wildman–Crippen LogP) is 1.37. The first-order valence-corrected chi connectivity index (χ1v) is 9.77. The summed E-state index contributed by atoms with van der Waals surface area (Å²) in [5.41, 5.74) is 0. The summed E-state index contributed by atoms with van der Waals surface area (Å²) in [5, 5.41) is 3.37. The Hall–Kier alpha value is -2.02. The average molecular weight is 361 g/mol. The van der Waals surface area contributed by atoms with Gasteiger partial charge in [-0.1, -0.05) is 0 Å². The summed E-state index contributed by atoms with van der Waals surface area (Å²) in [4.78, 5) is 23.9. The van der Waals surface area contributed by atoms with Gasteiger partial charge in [-0.05, 0) is 38.8 Å². The molecule has 3 heterocycles. The summed E-state index contributed by atoms with van der Waals surface area (Å²) in [6, 6.07) is 3.80. The number of guanidine groups is 1. The zero-order chi connectivity index (χ0) is 18.4. The van der Waals surface area contributed by atoms with E-state index in [-0.39, 0.29) is 11.9 Å². The molecule has 144 valence electrons. The van der Waals surface area contributed by atoms with Crippen molar-refractivity contribution in [2.24, 2.45) is 4.99 Å². The molecule has 7 heteroatoms. The van der Waals surface area contributed by atoms with Gasteiger partial charge in [-0.2, -0.15) is 0 Å². The van der Waals surface area contributed by atoms with E-state index >= 15 is 0 Å². The van der Waals surface area contributed by atoms with Crippen LogP contribution in [0.5, 0.6) is 0 Å². The van der Waals surface area contributed by atoms with Crippen molar-refractivity contribution in [3.8, 4) is 0 Å². The Labute approximate surface area is 156 Å². The van der Waals surface area contributed by atoms with Crippen molar-refractivity contribution in [1.29, 1.82) is 0 Å². The summed E-state index contributed by atoms with van der Waals surface area (Å²) < 4.78 is 5.37. The van der Waals surface area contributed by atoms with Crippen molar-refractivity contribution >= 4 is 11.9 Å². The van der Waals surface area contributed by atoms with Gasteiger partial charge in [0.25, 0.3) is 0 Å². The standard InChI is InChI=1S/C19H31N5O2/c1-3-20-19(21-15-17-7-6-14-26-17)24-12-10-22(11-13-24)16(2)18(25)23-8-4-5-9-23/h6-7,14,16H,3-5,8-13,15H2,1-2H3,(H,20,21). The van der Waals surface area contributed by atoms with Crippen molar-refractivity contribution in [3.05, 3.63) is 24.2 Å². The van der Waals surface area contributed by atoms with Gasteiger partial charge in [-0.3, -0.25) is 9.69 Å². The lowest BCUT2D eigenvalue weighted by molar-refractivity contribution is -0.135. The molecule has 1 amide bonds. The third-order valence-electron chi connectivity index (χ3n) is 5.24. The minimum atomic E-state index is -0.0297. The largest absolute Gasteiger partial charge is 0.467 e. The van der Waals surface area contributed by atoms with Crippen LogP contribution in [-0.2, 0) is 11.3 Å². The maximum Gasteiger partial charge on any atom is 0.239 e. The highest BCUT2D eigenvalue weighted by molar-refractivity contribution is 5.82.